The van der Waals surface area contributed by atoms with Crippen LogP contribution in [0.25, 0.3) is 0 Å². The molecule has 1 amide bonds. The molecule has 4 rings (SSSR count). The Balaban J connectivity index is 1.34. The van der Waals surface area contributed by atoms with Crippen molar-refractivity contribution in [3.8, 4) is 0 Å². The van der Waals surface area contributed by atoms with Gasteiger partial charge in [0.05, 0.1) is 19.2 Å². The molecule has 1 aliphatic carbocycles. The third kappa shape index (κ3) is 5.59. The van der Waals surface area contributed by atoms with E-state index in [1.54, 1.807) is 8.61 Å². The summed E-state index contributed by atoms with van der Waals surface area (Å²) in [6.45, 7) is 3.13. The van der Waals surface area contributed by atoms with E-state index in [-0.39, 0.29) is 12.5 Å². The second-order valence-electron chi connectivity index (χ2n) is 8.95. The number of aryl methyl sites for hydroxylation is 1. The monoisotopic (exact) mass is 498 g/mol. The standard InChI is InChI=1S/C22H34N4O5S2/c1-31-22(28)20-17-8-4-5-9-18(17)32-21(20)23-19(27)16-24-12-14-26(15-13-24)33(29,30)25-10-6-2-3-7-11-25/h2-16H2,1H3,(H,23,27). The summed E-state index contributed by atoms with van der Waals surface area (Å²) in [6.07, 6.45) is 7.88. The minimum Gasteiger partial charge on any atom is -0.465 e. The molecule has 9 nitrogen and oxygen atoms in total. The van der Waals surface area contributed by atoms with Gasteiger partial charge in [0.25, 0.3) is 10.2 Å². The predicted molar refractivity (Wildman–Crippen MR) is 128 cm³/mol. The zero-order valence-corrected chi connectivity index (χ0v) is 20.9. The molecule has 2 saturated heterocycles. The summed E-state index contributed by atoms with van der Waals surface area (Å²) in [7, 11) is -2.08. The van der Waals surface area contributed by atoms with Gasteiger partial charge in [0.2, 0.25) is 5.91 Å². The second kappa shape index (κ2) is 10.8. The number of nitrogens with one attached hydrogen (secondary N) is 1. The Morgan fingerprint density at radius 2 is 1.55 bits per heavy atom. The fourth-order valence-electron chi connectivity index (χ4n) is 4.90. The van der Waals surface area contributed by atoms with Crippen LogP contribution in [-0.2, 0) is 32.6 Å². The van der Waals surface area contributed by atoms with Gasteiger partial charge in [0.15, 0.2) is 0 Å². The number of rotatable bonds is 6. The van der Waals surface area contributed by atoms with Gasteiger partial charge in [-0.3, -0.25) is 9.69 Å². The summed E-state index contributed by atoms with van der Waals surface area (Å²) >= 11 is 1.47. The number of thiophene rings is 1. The lowest BCUT2D eigenvalue weighted by Gasteiger charge is -2.36. The van der Waals surface area contributed by atoms with E-state index in [0.717, 1.165) is 61.8 Å². The molecule has 33 heavy (non-hydrogen) atoms. The molecule has 3 heterocycles. The zero-order valence-electron chi connectivity index (χ0n) is 19.3. The summed E-state index contributed by atoms with van der Waals surface area (Å²) < 4.78 is 34.1. The van der Waals surface area contributed by atoms with Gasteiger partial charge in [-0.25, -0.2) is 4.79 Å². The van der Waals surface area contributed by atoms with Gasteiger partial charge in [-0.05, 0) is 44.1 Å². The van der Waals surface area contributed by atoms with Crippen LogP contribution in [-0.4, -0.2) is 86.7 Å². The van der Waals surface area contributed by atoms with Crippen molar-refractivity contribution in [1.82, 2.24) is 13.5 Å². The fraction of sp³-hybridized carbons (Fsp3) is 0.727. The van der Waals surface area contributed by atoms with Crippen LogP contribution in [0, 0.1) is 0 Å². The van der Waals surface area contributed by atoms with Crippen molar-refractivity contribution in [1.29, 1.82) is 0 Å². The van der Waals surface area contributed by atoms with Crippen LogP contribution in [0.1, 0.15) is 59.3 Å². The van der Waals surface area contributed by atoms with Crippen molar-refractivity contribution in [2.45, 2.75) is 51.4 Å². The van der Waals surface area contributed by atoms with E-state index in [9.17, 15) is 18.0 Å². The Labute approximate surface area is 200 Å². The maximum atomic E-state index is 13.0. The van der Waals surface area contributed by atoms with Gasteiger partial charge >= 0.3 is 5.97 Å². The highest BCUT2D eigenvalue weighted by Crippen LogP contribution is 2.38. The van der Waals surface area contributed by atoms with Gasteiger partial charge in [-0.2, -0.15) is 17.0 Å². The lowest BCUT2D eigenvalue weighted by atomic mass is 9.95. The van der Waals surface area contributed by atoms with E-state index in [1.165, 1.54) is 18.4 Å². The predicted octanol–water partition coefficient (Wildman–Crippen LogP) is 2.09. The molecule has 0 bridgehead atoms. The normalized spacial score (nSPS) is 21.2. The van der Waals surface area contributed by atoms with Gasteiger partial charge in [-0.1, -0.05) is 12.8 Å². The van der Waals surface area contributed by atoms with Crippen LogP contribution in [0.3, 0.4) is 0 Å². The Kier molecular flexibility index (Phi) is 8.06. The topological polar surface area (TPSA) is 99.3 Å². The smallest absolute Gasteiger partial charge is 0.341 e. The first-order chi connectivity index (χ1) is 15.9. The number of hydrogen-bond acceptors (Lipinski definition) is 7. The second-order valence-corrected chi connectivity index (χ2v) is 12.0. The first-order valence-corrected chi connectivity index (χ1v) is 14.1. The largest absolute Gasteiger partial charge is 0.465 e. The molecule has 0 spiro atoms. The molecule has 1 aromatic rings. The number of carbonyl (C=O) groups is 2. The third-order valence-electron chi connectivity index (χ3n) is 6.73. The van der Waals surface area contributed by atoms with Crippen molar-refractivity contribution < 1.29 is 22.7 Å². The van der Waals surface area contributed by atoms with Crippen LogP contribution in [0.4, 0.5) is 5.00 Å². The summed E-state index contributed by atoms with van der Waals surface area (Å²) in [5.41, 5.74) is 1.51. The number of fused-ring (bicyclic) bond motifs is 1. The van der Waals surface area contributed by atoms with Gasteiger partial charge in [-0.15, -0.1) is 11.3 Å². The van der Waals surface area contributed by atoms with Gasteiger partial charge in [0.1, 0.15) is 5.00 Å². The van der Waals surface area contributed by atoms with E-state index >= 15 is 0 Å². The molecule has 0 atom stereocenters. The van der Waals surface area contributed by atoms with Crippen LogP contribution >= 0.6 is 11.3 Å². The van der Waals surface area contributed by atoms with Crippen molar-refractivity contribution in [2.24, 2.45) is 0 Å². The molecule has 0 unspecified atom stereocenters. The number of hydrogen-bond donors (Lipinski definition) is 1. The number of amides is 1. The molecule has 1 aromatic heterocycles. The van der Waals surface area contributed by atoms with Gasteiger partial charge in [0, 0.05) is 44.1 Å². The van der Waals surface area contributed by atoms with Gasteiger partial charge < -0.3 is 10.1 Å². The molecule has 11 heteroatoms. The maximum absolute atomic E-state index is 13.0. The first-order valence-electron chi connectivity index (χ1n) is 11.9. The SMILES string of the molecule is COC(=O)c1c(NC(=O)CN2CCN(S(=O)(=O)N3CCCCCC3)CC2)sc2c1CCCC2. The number of ether oxygens (including phenoxy) is 1. The fourth-order valence-corrected chi connectivity index (χ4v) is 7.86. The van der Waals surface area contributed by atoms with Crippen LogP contribution in [0.15, 0.2) is 0 Å². The quantitative estimate of drug-likeness (QED) is 0.603. The van der Waals surface area contributed by atoms with Crippen LogP contribution in [0.2, 0.25) is 0 Å². The summed E-state index contributed by atoms with van der Waals surface area (Å²) in [5.74, 6) is -0.598. The number of esters is 1. The minimum absolute atomic E-state index is 0.167. The molecule has 0 aromatic carbocycles. The molecule has 1 N–H and O–H groups in total. The van der Waals surface area contributed by atoms with Crippen molar-refractivity contribution >= 4 is 38.4 Å². The van der Waals surface area contributed by atoms with Crippen molar-refractivity contribution in [3.05, 3.63) is 16.0 Å². The number of piperazine rings is 1. The lowest BCUT2D eigenvalue weighted by molar-refractivity contribution is -0.117. The minimum atomic E-state index is -3.44. The average molecular weight is 499 g/mol. The highest BCUT2D eigenvalue weighted by atomic mass is 32.2. The molecule has 0 radical (unpaired) electrons. The van der Waals surface area contributed by atoms with Crippen LogP contribution in [0.5, 0.6) is 0 Å². The first kappa shape index (κ1) is 24.6. The molecular weight excluding hydrogens is 464 g/mol. The molecule has 184 valence electrons. The van der Waals surface area contributed by atoms with E-state index in [1.807, 2.05) is 4.90 Å². The number of carbonyl (C=O) groups excluding carboxylic acids is 2. The van der Waals surface area contributed by atoms with E-state index in [2.05, 4.69) is 5.32 Å². The zero-order chi connectivity index (χ0) is 23.4. The lowest BCUT2D eigenvalue weighted by Crippen LogP contribution is -2.54. The molecule has 2 fully saturated rings. The molecule has 3 aliphatic rings. The average Bonchev–Trinajstić information content (AvgIpc) is 2.97. The summed E-state index contributed by atoms with van der Waals surface area (Å²) in [4.78, 5) is 28.3. The molecule has 2 aliphatic heterocycles. The van der Waals surface area contributed by atoms with E-state index in [0.29, 0.717) is 49.8 Å². The maximum Gasteiger partial charge on any atom is 0.341 e. The third-order valence-corrected chi connectivity index (χ3v) is 9.97. The summed E-state index contributed by atoms with van der Waals surface area (Å²) in [5, 5.41) is 3.50. The van der Waals surface area contributed by atoms with E-state index < -0.39 is 16.2 Å². The van der Waals surface area contributed by atoms with Crippen molar-refractivity contribution in [3.63, 3.8) is 0 Å². The molecule has 0 saturated carbocycles. The Bertz CT molecular complexity index is 962. The van der Waals surface area contributed by atoms with Crippen LogP contribution < -0.4 is 5.32 Å². The Hall–Kier alpha value is -1.53. The summed E-state index contributed by atoms with van der Waals surface area (Å²) in [6, 6.07) is 0. The number of anilines is 1. The molecular formula is C22H34N4O5S2. The highest BCUT2D eigenvalue weighted by Gasteiger charge is 2.33. The highest BCUT2D eigenvalue weighted by molar-refractivity contribution is 7.86. The van der Waals surface area contributed by atoms with Crippen molar-refractivity contribution in [2.75, 3.05) is 58.2 Å². The Morgan fingerprint density at radius 3 is 2.21 bits per heavy atom. The van der Waals surface area contributed by atoms with E-state index in [4.69, 9.17) is 4.74 Å². The number of nitrogens with zero attached hydrogens (tertiary/aromatic N) is 3. The Morgan fingerprint density at radius 1 is 0.909 bits per heavy atom. The number of methoxy groups -OCH3 is 1.